The number of halogens is 2. The Hall–Kier alpha value is -1.65. The SMILES string of the molecule is O=C(/C=C/c1ccc(Cl)s1)NCCc1ccc(F)cc1. The van der Waals surface area contributed by atoms with Crippen molar-refractivity contribution in [2.75, 3.05) is 6.54 Å². The second-order valence-corrected chi connectivity index (χ2v) is 5.89. The van der Waals surface area contributed by atoms with Gasteiger partial charge in [-0.2, -0.15) is 0 Å². The highest BCUT2D eigenvalue weighted by Gasteiger charge is 1.98. The first kappa shape index (κ1) is 14.8. The summed E-state index contributed by atoms with van der Waals surface area (Å²) in [7, 11) is 0. The molecule has 0 radical (unpaired) electrons. The molecule has 0 aliphatic heterocycles. The molecular weight excluding hydrogens is 297 g/mol. The van der Waals surface area contributed by atoms with Gasteiger partial charge in [0.05, 0.1) is 4.34 Å². The van der Waals surface area contributed by atoms with Gasteiger partial charge >= 0.3 is 0 Å². The molecule has 2 nitrogen and oxygen atoms in total. The van der Waals surface area contributed by atoms with Gasteiger partial charge in [0.2, 0.25) is 5.91 Å². The summed E-state index contributed by atoms with van der Waals surface area (Å²) in [5.74, 6) is -0.410. The lowest BCUT2D eigenvalue weighted by atomic mass is 10.1. The number of thiophene rings is 1. The van der Waals surface area contributed by atoms with Crippen molar-refractivity contribution in [1.82, 2.24) is 5.32 Å². The number of carbonyl (C=O) groups excluding carboxylic acids is 1. The molecule has 0 spiro atoms. The quantitative estimate of drug-likeness (QED) is 0.834. The van der Waals surface area contributed by atoms with Crippen molar-refractivity contribution in [3.63, 3.8) is 0 Å². The molecular formula is C15H13ClFNOS. The number of hydrogen-bond donors (Lipinski definition) is 1. The van der Waals surface area contributed by atoms with Crippen LogP contribution in [0.25, 0.3) is 6.08 Å². The van der Waals surface area contributed by atoms with Crippen LogP contribution >= 0.6 is 22.9 Å². The largest absolute Gasteiger partial charge is 0.352 e. The molecule has 2 rings (SSSR count). The van der Waals surface area contributed by atoms with E-state index in [1.54, 1.807) is 24.3 Å². The van der Waals surface area contributed by atoms with E-state index in [1.807, 2.05) is 6.07 Å². The summed E-state index contributed by atoms with van der Waals surface area (Å²) in [6, 6.07) is 9.90. The van der Waals surface area contributed by atoms with E-state index in [0.29, 0.717) is 17.3 Å². The summed E-state index contributed by atoms with van der Waals surface area (Å²) in [5, 5.41) is 2.77. The van der Waals surface area contributed by atoms with Crippen molar-refractivity contribution in [3.05, 3.63) is 63.1 Å². The van der Waals surface area contributed by atoms with Crippen LogP contribution in [0, 0.1) is 5.82 Å². The lowest BCUT2D eigenvalue weighted by Gasteiger charge is -2.02. The van der Waals surface area contributed by atoms with E-state index in [1.165, 1.54) is 29.5 Å². The smallest absolute Gasteiger partial charge is 0.244 e. The molecule has 0 atom stereocenters. The van der Waals surface area contributed by atoms with Gasteiger partial charge in [-0.3, -0.25) is 4.79 Å². The zero-order valence-corrected chi connectivity index (χ0v) is 12.2. The third-order valence-corrected chi connectivity index (χ3v) is 3.82. The maximum absolute atomic E-state index is 12.7. The molecule has 0 fully saturated rings. The molecule has 1 amide bonds. The van der Waals surface area contributed by atoms with Crippen LogP contribution < -0.4 is 5.32 Å². The summed E-state index contributed by atoms with van der Waals surface area (Å²) in [5.41, 5.74) is 0.987. The van der Waals surface area contributed by atoms with Gasteiger partial charge in [0.25, 0.3) is 0 Å². The Labute approximate surface area is 125 Å². The van der Waals surface area contributed by atoms with Crippen LogP contribution in [-0.2, 0) is 11.2 Å². The highest BCUT2D eigenvalue weighted by atomic mass is 35.5. The summed E-state index contributed by atoms with van der Waals surface area (Å²) >= 11 is 7.21. The number of rotatable bonds is 5. The predicted octanol–water partition coefficient (Wildman–Crippen LogP) is 3.91. The molecule has 104 valence electrons. The van der Waals surface area contributed by atoms with Gasteiger partial charge in [0.15, 0.2) is 0 Å². The van der Waals surface area contributed by atoms with E-state index in [4.69, 9.17) is 11.6 Å². The van der Waals surface area contributed by atoms with Gasteiger partial charge in [-0.05, 0) is 42.3 Å². The first-order valence-electron chi connectivity index (χ1n) is 6.09. The molecule has 0 aliphatic carbocycles. The number of nitrogens with one attached hydrogen (secondary N) is 1. The number of amides is 1. The molecule has 5 heteroatoms. The van der Waals surface area contributed by atoms with Crippen LogP contribution in [-0.4, -0.2) is 12.5 Å². The van der Waals surface area contributed by atoms with Crippen molar-refractivity contribution in [1.29, 1.82) is 0 Å². The Morgan fingerprint density at radius 3 is 2.65 bits per heavy atom. The lowest BCUT2D eigenvalue weighted by molar-refractivity contribution is -0.116. The average molecular weight is 310 g/mol. The van der Waals surface area contributed by atoms with Crippen LogP contribution in [0.1, 0.15) is 10.4 Å². The lowest BCUT2D eigenvalue weighted by Crippen LogP contribution is -2.23. The van der Waals surface area contributed by atoms with Crippen molar-refractivity contribution >= 4 is 34.9 Å². The van der Waals surface area contributed by atoms with Crippen LogP contribution in [0.5, 0.6) is 0 Å². The molecule has 2 aromatic rings. The van der Waals surface area contributed by atoms with Crippen molar-refractivity contribution in [2.45, 2.75) is 6.42 Å². The van der Waals surface area contributed by atoms with E-state index in [2.05, 4.69) is 5.32 Å². The summed E-state index contributed by atoms with van der Waals surface area (Å²) in [6.07, 6.45) is 3.88. The molecule has 1 aromatic carbocycles. The Balaban J connectivity index is 1.75. The van der Waals surface area contributed by atoms with E-state index >= 15 is 0 Å². The van der Waals surface area contributed by atoms with Crippen molar-refractivity contribution in [3.8, 4) is 0 Å². The van der Waals surface area contributed by atoms with E-state index in [9.17, 15) is 9.18 Å². The number of carbonyl (C=O) groups is 1. The molecule has 0 unspecified atom stereocenters. The normalized spacial score (nSPS) is 10.9. The standard InChI is InChI=1S/C15H13ClFNOS/c16-14-7-5-13(20-14)6-8-15(19)18-10-9-11-1-3-12(17)4-2-11/h1-8H,9-10H2,(H,18,19)/b8-6+. The maximum atomic E-state index is 12.7. The van der Waals surface area contributed by atoms with Crippen LogP contribution in [0.2, 0.25) is 4.34 Å². The van der Waals surface area contributed by atoms with Gasteiger partial charge in [-0.1, -0.05) is 23.7 Å². The van der Waals surface area contributed by atoms with Gasteiger partial charge in [-0.15, -0.1) is 11.3 Å². The summed E-state index contributed by atoms with van der Waals surface area (Å²) in [4.78, 5) is 12.5. The zero-order valence-electron chi connectivity index (χ0n) is 10.6. The Kier molecular flexibility index (Phi) is 5.32. The zero-order chi connectivity index (χ0) is 14.4. The minimum Gasteiger partial charge on any atom is -0.352 e. The summed E-state index contributed by atoms with van der Waals surface area (Å²) in [6.45, 7) is 0.514. The number of benzene rings is 1. The third kappa shape index (κ3) is 4.79. The first-order chi connectivity index (χ1) is 9.63. The first-order valence-corrected chi connectivity index (χ1v) is 7.28. The molecule has 0 aliphatic rings. The fourth-order valence-electron chi connectivity index (χ4n) is 1.62. The predicted molar refractivity (Wildman–Crippen MR) is 81.5 cm³/mol. The van der Waals surface area contributed by atoms with Gasteiger partial charge in [0, 0.05) is 17.5 Å². The van der Waals surface area contributed by atoms with Crippen molar-refractivity contribution < 1.29 is 9.18 Å². The van der Waals surface area contributed by atoms with E-state index < -0.39 is 0 Å². The van der Waals surface area contributed by atoms with Crippen LogP contribution in [0.3, 0.4) is 0 Å². The van der Waals surface area contributed by atoms with Crippen molar-refractivity contribution in [2.24, 2.45) is 0 Å². The van der Waals surface area contributed by atoms with Gasteiger partial charge < -0.3 is 5.32 Å². The van der Waals surface area contributed by atoms with Crippen LogP contribution in [0.15, 0.2) is 42.5 Å². The highest BCUT2D eigenvalue weighted by molar-refractivity contribution is 7.17. The van der Waals surface area contributed by atoms with E-state index in [-0.39, 0.29) is 11.7 Å². The minimum atomic E-state index is -0.254. The Morgan fingerprint density at radius 2 is 2.00 bits per heavy atom. The molecule has 1 aromatic heterocycles. The number of hydrogen-bond acceptors (Lipinski definition) is 2. The Bertz CT molecular complexity index is 607. The molecule has 1 heterocycles. The fourth-order valence-corrected chi connectivity index (χ4v) is 2.58. The van der Waals surface area contributed by atoms with Gasteiger partial charge in [-0.25, -0.2) is 4.39 Å². The molecule has 0 saturated carbocycles. The minimum absolute atomic E-state index is 0.156. The second kappa shape index (κ2) is 7.22. The van der Waals surface area contributed by atoms with E-state index in [0.717, 1.165) is 10.4 Å². The molecule has 0 saturated heterocycles. The third-order valence-electron chi connectivity index (χ3n) is 2.62. The average Bonchev–Trinajstić information content (AvgIpc) is 2.85. The second-order valence-electron chi connectivity index (χ2n) is 4.14. The fraction of sp³-hybridized carbons (Fsp3) is 0.133. The Morgan fingerprint density at radius 1 is 1.25 bits per heavy atom. The molecule has 0 bridgehead atoms. The molecule has 20 heavy (non-hydrogen) atoms. The maximum Gasteiger partial charge on any atom is 0.244 e. The topological polar surface area (TPSA) is 29.1 Å². The van der Waals surface area contributed by atoms with Gasteiger partial charge in [0.1, 0.15) is 5.82 Å². The summed E-state index contributed by atoms with van der Waals surface area (Å²) < 4.78 is 13.4. The monoisotopic (exact) mass is 309 g/mol. The highest BCUT2D eigenvalue weighted by Crippen LogP contribution is 2.22. The molecule has 1 N–H and O–H groups in total. The van der Waals surface area contributed by atoms with Crippen LogP contribution in [0.4, 0.5) is 4.39 Å².